The molecule has 0 saturated carbocycles. The van der Waals surface area contributed by atoms with Gasteiger partial charge in [0, 0.05) is 5.57 Å². The molecular formula is C10H16O2. The second-order valence-corrected chi connectivity index (χ2v) is 4.37. The number of hydrogen-bond donors (Lipinski definition) is 1. The number of hydrogen-bond acceptors (Lipinski definition) is 1. The maximum atomic E-state index is 10.8. The van der Waals surface area contributed by atoms with Gasteiger partial charge in [-0.3, -0.25) is 0 Å². The Morgan fingerprint density at radius 2 is 1.92 bits per heavy atom. The van der Waals surface area contributed by atoms with Crippen molar-refractivity contribution in [3.63, 3.8) is 0 Å². The Balaban J connectivity index is 3.00. The summed E-state index contributed by atoms with van der Waals surface area (Å²) in [4.78, 5) is 10.8. The molecule has 0 unspecified atom stereocenters. The zero-order valence-corrected chi connectivity index (χ0v) is 7.98. The van der Waals surface area contributed by atoms with Gasteiger partial charge in [0.15, 0.2) is 0 Å². The van der Waals surface area contributed by atoms with E-state index in [-0.39, 0.29) is 5.41 Å². The van der Waals surface area contributed by atoms with Crippen molar-refractivity contribution in [2.75, 3.05) is 0 Å². The molecule has 0 bridgehead atoms. The minimum atomic E-state index is -0.725. The minimum absolute atomic E-state index is 0.0320. The van der Waals surface area contributed by atoms with Crippen LogP contribution >= 0.6 is 0 Å². The van der Waals surface area contributed by atoms with Crippen LogP contribution < -0.4 is 0 Å². The average Bonchev–Trinajstić information content (AvgIpc) is 2.30. The number of carboxylic acid groups (broad SMARTS) is 1. The molecule has 0 saturated heterocycles. The fraction of sp³-hybridized carbons (Fsp3) is 0.700. The van der Waals surface area contributed by atoms with Crippen molar-refractivity contribution in [2.45, 2.75) is 40.0 Å². The van der Waals surface area contributed by atoms with Crippen LogP contribution in [0, 0.1) is 5.41 Å². The molecule has 0 spiro atoms. The summed E-state index contributed by atoms with van der Waals surface area (Å²) in [6.07, 6.45) is 2.72. The van der Waals surface area contributed by atoms with Gasteiger partial charge in [-0.2, -0.15) is 0 Å². The molecule has 0 amide bonds. The number of aliphatic carboxylic acids is 1. The SMILES string of the molecule is CC(C)(C)C1=C(C(=O)O)CCC1. The first-order chi connectivity index (χ1) is 5.43. The largest absolute Gasteiger partial charge is 0.478 e. The number of carboxylic acids is 1. The Kier molecular flexibility index (Phi) is 2.27. The van der Waals surface area contributed by atoms with Crippen molar-refractivity contribution in [3.05, 3.63) is 11.1 Å². The third-order valence-electron chi connectivity index (χ3n) is 2.38. The van der Waals surface area contributed by atoms with E-state index in [1.807, 2.05) is 0 Å². The van der Waals surface area contributed by atoms with Crippen LogP contribution in [0.1, 0.15) is 40.0 Å². The van der Waals surface area contributed by atoms with Gasteiger partial charge in [-0.05, 0) is 24.7 Å². The van der Waals surface area contributed by atoms with Gasteiger partial charge in [0.25, 0.3) is 0 Å². The fourth-order valence-corrected chi connectivity index (χ4v) is 1.81. The summed E-state index contributed by atoms with van der Waals surface area (Å²) in [7, 11) is 0. The van der Waals surface area contributed by atoms with Gasteiger partial charge >= 0.3 is 5.97 Å². The van der Waals surface area contributed by atoms with Gasteiger partial charge in [0.2, 0.25) is 0 Å². The summed E-state index contributed by atoms with van der Waals surface area (Å²) in [5, 5.41) is 8.89. The minimum Gasteiger partial charge on any atom is -0.478 e. The number of rotatable bonds is 1. The molecular weight excluding hydrogens is 152 g/mol. The molecule has 0 atom stereocenters. The molecule has 2 heteroatoms. The molecule has 0 aromatic rings. The average molecular weight is 168 g/mol. The highest BCUT2D eigenvalue weighted by molar-refractivity contribution is 5.88. The molecule has 1 aliphatic carbocycles. The van der Waals surface area contributed by atoms with E-state index in [1.165, 1.54) is 0 Å². The third-order valence-corrected chi connectivity index (χ3v) is 2.38. The van der Waals surface area contributed by atoms with E-state index in [9.17, 15) is 4.79 Å². The van der Waals surface area contributed by atoms with E-state index in [4.69, 9.17) is 5.11 Å². The highest BCUT2D eigenvalue weighted by Crippen LogP contribution is 2.38. The van der Waals surface area contributed by atoms with Gasteiger partial charge < -0.3 is 5.11 Å². The Morgan fingerprint density at radius 1 is 1.33 bits per heavy atom. The van der Waals surface area contributed by atoms with Gasteiger partial charge in [0.05, 0.1) is 0 Å². The molecule has 1 N–H and O–H groups in total. The predicted molar refractivity (Wildman–Crippen MR) is 48.0 cm³/mol. The molecule has 0 aromatic heterocycles. The van der Waals surface area contributed by atoms with Crippen LogP contribution in [-0.2, 0) is 4.79 Å². The summed E-state index contributed by atoms with van der Waals surface area (Å²) in [5.41, 5.74) is 1.82. The monoisotopic (exact) mass is 168 g/mol. The van der Waals surface area contributed by atoms with Crippen molar-refractivity contribution in [1.29, 1.82) is 0 Å². The van der Waals surface area contributed by atoms with Crippen molar-refractivity contribution in [3.8, 4) is 0 Å². The Labute approximate surface area is 73.3 Å². The smallest absolute Gasteiger partial charge is 0.331 e. The standard InChI is InChI=1S/C10H16O2/c1-10(2,3)8-6-4-5-7(8)9(11)12/h4-6H2,1-3H3,(H,11,12). The fourth-order valence-electron chi connectivity index (χ4n) is 1.81. The topological polar surface area (TPSA) is 37.3 Å². The molecule has 0 aliphatic heterocycles. The van der Waals surface area contributed by atoms with Crippen molar-refractivity contribution in [1.82, 2.24) is 0 Å². The first-order valence-corrected chi connectivity index (χ1v) is 4.38. The van der Waals surface area contributed by atoms with E-state index < -0.39 is 5.97 Å². The van der Waals surface area contributed by atoms with Crippen molar-refractivity contribution < 1.29 is 9.90 Å². The highest BCUT2D eigenvalue weighted by atomic mass is 16.4. The highest BCUT2D eigenvalue weighted by Gasteiger charge is 2.28. The molecule has 1 rings (SSSR count). The van der Waals surface area contributed by atoms with Gasteiger partial charge in [-0.1, -0.05) is 26.3 Å². The lowest BCUT2D eigenvalue weighted by Gasteiger charge is -2.21. The molecule has 68 valence electrons. The Bertz CT molecular complexity index is 231. The van der Waals surface area contributed by atoms with Crippen LogP contribution in [0.15, 0.2) is 11.1 Å². The summed E-state index contributed by atoms with van der Waals surface area (Å²) in [6.45, 7) is 6.24. The third kappa shape index (κ3) is 1.68. The summed E-state index contributed by atoms with van der Waals surface area (Å²) < 4.78 is 0. The van der Waals surface area contributed by atoms with E-state index in [0.717, 1.165) is 24.8 Å². The zero-order valence-electron chi connectivity index (χ0n) is 7.98. The van der Waals surface area contributed by atoms with E-state index >= 15 is 0 Å². The molecule has 1 aliphatic rings. The van der Waals surface area contributed by atoms with Gasteiger partial charge in [-0.15, -0.1) is 0 Å². The zero-order chi connectivity index (χ0) is 9.35. The predicted octanol–water partition coefficient (Wildman–Crippen LogP) is 2.60. The van der Waals surface area contributed by atoms with E-state index in [1.54, 1.807) is 0 Å². The number of allylic oxidation sites excluding steroid dienone is 1. The second kappa shape index (κ2) is 2.92. The Morgan fingerprint density at radius 3 is 2.25 bits per heavy atom. The maximum absolute atomic E-state index is 10.8. The van der Waals surface area contributed by atoms with Gasteiger partial charge in [0.1, 0.15) is 0 Å². The summed E-state index contributed by atoms with van der Waals surface area (Å²) in [6, 6.07) is 0. The van der Waals surface area contributed by atoms with Crippen molar-refractivity contribution >= 4 is 5.97 Å². The van der Waals surface area contributed by atoms with Crippen LogP contribution in [0.2, 0.25) is 0 Å². The summed E-state index contributed by atoms with van der Waals surface area (Å²) >= 11 is 0. The molecule has 2 nitrogen and oxygen atoms in total. The first kappa shape index (κ1) is 9.30. The van der Waals surface area contributed by atoms with Crippen LogP contribution in [0.3, 0.4) is 0 Å². The van der Waals surface area contributed by atoms with Crippen molar-refractivity contribution in [2.24, 2.45) is 5.41 Å². The molecule has 0 heterocycles. The normalized spacial score (nSPS) is 18.6. The molecule has 12 heavy (non-hydrogen) atoms. The van der Waals surface area contributed by atoms with Gasteiger partial charge in [-0.25, -0.2) is 4.79 Å². The second-order valence-electron chi connectivity index (χ2n) is 4.37. The summed E-state index contributed by atoms with van der Waals surface area (Å²) in [5.74, 6) is -0.725. The van der Waals surface area contributed by atoms with E-state index in [2.05, 4.69) is 20.8 Å². The van der Waals surface area contributed by atoms with Crippen LogP contribution in [0.4, 0.5) is 0 Å². The molecule has 0 radical (unpaired) electrons. The van der Waals surface area contributed by atoms with Crippen LogP contribution in [0.25, 0.3) is 0 Å². The quantitative estimate of drug-likeness (QED) is 0.653. The lowest BCUT2D eigenvalue weighted by molar-refractivity contribution is -0.132. The number of carbonyl (C=O) groups is 1. The lowest BCUT2D eigenvalue weighted by Crippen LogP contribution is -2.12. The maximum Gasteiger partial charge on any atom is 0.331 e. The first-order valence-electron chi connectivity index (χ1n) is 4.38. The molecule has 0 aromatic carbocycles. The van der Waals surface area contributed by atoms with E-state index in [0.29, 0.717) is 5.57 Å². The lowest BCUT2D eigenvalue weighted by atomic mass is 9.84. The Hall–Kier alpha value is -0.790. The van der Waals surface area contributed by atoms with Crippen LogP contribution in [0.5, 0.6) is 0 Å². The van der Waals surface area contributed by atoms with Crippen LogP contribution in [-0.4, -0.2) is 11.1 Å². The molecule has 0 fully saturated rings.